The number of thiazole rings is 1. The van der Waals surface area contributed by atoms with E-state index in [0.29, 0.717) is 37.7 Å². The maximum atomic E-state index is 13.9. The number of methoxy groups -OCH3 is 1. The summed E-state index contributed by atoms with van der Waals surface area (Å²) in [5.74, 6) is 0.357. The molecule has 3 aromatic rings. The molecular weight excluding hydrogens is 568 g/mol. The Bertz CT molecular complexity index is 1730. The van der Waals surface area contributed by atoms with Crippen LogP contribution in [0.15, 0.2) is 63.5 Å². The van der Waals surface area contributed by atoms with Gasteiger partial charge >= 0.3 is 5.97 Å². The number of allylic oxidation sites excluding steroid dienone is 1. The van der Waals surface area contributed by atoms with Gasteiger partial charge < -0.3 is 24.0 Å². The van der Waals surface area contributed by atoms with E-state index in [9.17, 15) is 14.4 Å². The van der Waals surface area contributed by atoms with E-state index in [2.05, 4.69) is 4.99 Å². The SMILES string of the molecule is CCOC(=O)C1=C(C)N=c2s/c(=C/c3ccc(OCC(=O)N4CCCC4)c(OC)c3)c(=O)n2[C@H]1c1ccc(N(C)C)cc1. The minimum absolute atomic E-state index is 0.0480. The maximum Gasteiger partial charge on any atom is 0.338 e. The van der Waals surface area contributed by atoms with Gasteiger partial charge in [0.25, 0.3) is 11.5 Å². The Morgan fingerprint density at radius 2 is 1.81 bits per heavy atom. The van der Waals surface area contributed by atoms with Gasteiger partial charge in [0.2, 0.25) is 0 Å². The van der Waals surface area contributed by atoms with Crippen molar-refractivity contribution in [3.05, 3.63) is 84.5 Å². The number of hydrogen-bond acceptors (Lipinski definition) is 9. The predicted octanol–water partition coefficient (Wildman–Crippen LogP) is 2.87. The quantitative estimate of drug-likeness (QED) is 0.346. The fraction of sp³-hybridized carbons (Fsp3) is 0.375. The minimum Gasteiger partial charge on any atom is -0.493 e. The topological polar surface area (TPSA) is 103 Å². The molecular formula is C32H36N4O6S. The lowest BCUT2D eigenvalue weighted by atomic mass is 9.95. The molecule has 1 fully saturated rings. The summed E-state index contributed by atoms with van der Waals surface area (Å²) < 4.78 is 18.7. The first-order chi connectivity index (χ1) is 20.7. The summed E-state index contributed by atoms with van der Waals surface area (Å²) in [4.78, 5) is 48.4. The largest absolute Gasteiger partial charge is 0.493 e. The first-order valence-electron chi connectivity index (χ1n) is 14.3. The number of nitrogens with zero attached hydrogens (tertiary/aromatic N) is 4. The van der Waals surface area contributed by atoms with Gasteiger partial charge in [-0.15, -0.1) is 0 Å². The number of rotatable bonds is 9. The number of ether oxygens (including phenoxy) is 3. The molecule has 0 radical (unpaired) electrons. The van der Waals surface area contributed by atoms with E-state index in [1.54, 1.807) is 41.5 Å². The third-order valence-electron chi connectivity index (χ3n) is 7.54. The van der Waals surface area contributed by atoms with Crippen LogP contribution in [0.3, 0.4) is 0 Å². The maximum absolute atomic E-state index is 13.9. The van der Waals surface area contributed by atoms with Crippen LogP contribution in [0.4, 0.5) is 5.69 Å². The van der Waals surface area contributed by atoms with Crippen molar-refractivity contribution in [1.82, 2.24) is 9.47 Å². The molecule has 11 heteroatoms. The molecule has 1 amide bonds. The van der Waals surface area contributed by atoms with Crippen molar-refractivity contribution in [1.29, 1.82) is 0 Å². The number of carbonyl (C=O) groups is 2. The molecule has 2 aliphatic rings. The summed E-state index contributed by atoms with van der Waals surface area (Å²) in [5, 5.41) is 0. The molecule has 1 saturated heterocycles. The van der Waals surface area contributed by atoms with Crippen molar-refractivity contribution >= 4 is 35.0 Å². The van der Waals surface area contributed by atoms with Crippen LogP contribution in [0, 0.1) is 0 Å². The molecule has 3 heterocycles. The number of carbonyl (C=O) groups excluding carboxylic acids is 2. The van der Waals surface area contributed by atoms with E-state index >= 15 is 0 Å². The molecule has 0 N–H and O–H groups in total. The van der Waals surface area contributed by atoms with Gasteiger partial charge in [-0.1, -0.05) is 29.5 Å². The lowest BCUT2D eigenvalue weighted by Crippen LogP contribution is -2.39. The molecule has 2 aliphatic heterocycles. The Kier molecular flexibility index (Phi) is 9.00. The van der Waals surface area contributed by atoms with Gasteiger partial charge in [-0.2, -0.15) is 0 Å². The summed E-state index contributed by atoms with van der Waals surface area (Å²) in [6.45, 7) is 5.19. The second kappa shape index (κ2) is 12.9. The van der Waals surface area contributed by atoms with Crippen LogP contribution in [0.2, 0.25) is 0 Å². The molecule has 0 unspecified atom stereocenters. The van der Waals surface area contributed by atoms with Gasteiger partial charge in [0.1, 0.15) is 0 Å². The number of esters is 1. The fourth-order valence-corrected chi connectivity index (χ4v) is 6.35. The van der Waals surface area contributed by atoms with Crippen LogP contribution in [-0.4, -0.2) is 68.9 Å². The number of benzene rings is 2. The molecule has 43 heavy (non-hydrogen) atoms. The molecule has 2 aromatic carbocycles. The first-order valence-corrected chi connectivity index (χ1v) is 15.1. The Hall–Kier alpha value is -4.38. The predicted molar refractivity (Wildman–Crippen MR) is 165 cm³/mol. The van der Waals surface area contributed by atoms with E-state index in [1.165, 1.54) is 18.4 Å². The fourth-order valence-electron chi connectivity index (χ4n) is 5.30. The highest BCUT2D eigenvalue weighted by atomic mass is 32.1. The molecule has 226 valence electrons. The first kappa shape index (κ1) is 30.1. The molecule has 0 saturated carbocycles. The van der Waals surface area contributed by atoms with Crippen molar-refractivity contribution in [2.75, 3.05) is 52.4 Å². The third kappa shape index (κ3) is 6.22. The van der Waals surface area contributed by atoms with E-state index in [1.807, 2.05) is 49.3 Å². The number of likely N-dealkylation sites (tertiary alicyclic amines) is 1. The van der Waals surface area contributed by atoms with Gasteiger partial charge in [0.15, 0.2) is 22.9 Å². The Morgan fingerprint density at radius 1 is 1.09 bits per heavy atom. The molecule has 0 bridgehead atoms. The average Bonchev–Trinajstić information content (AvgIpc) is 3.64. The van der Waals surface area contributed by atoms with Crippen molar-refractivity contribution in [2.24, 2.45) is 4.99 Å². The molecule has 0 aliphatic carbocycles. The lowest BCUT2D eigenvalue weighted by molar-refractivity contribution is -0.139. The zero-order valence-corrected chi connectivity index (χ0v) is 25.9. The number of hydrogen-bond donors (Lipinski definition) is 0. The standard InChI is InChI=1S/C32H36N4O6S/c1-6-41-31(39)28-20(2)33-32-36(29(28)22-10-12-23(13-11-22)34(3)4)30(38)26(43-32)18-21-9-14-24(25(17-21)40-5)42-19-27(37)35-15-7-8-16-35/h9-14,17-18,29H,6-8,15-16,19H2,1-5H3/b26-18+/t29-/m0/s1. The van der Waals surface area contributed by atoms with Gasteiger partial charge in [-0.05, 0) is 68.2 Å². The number of anilines is 1. The minimum atomic E-state index is -0.688. The van der Waals surface area contributed by atoms with Gasteiger partial charge in [0, 0.05) is 32.9 Å². The average molecular weight is 605 g/mol. The van der Waals surface area contributed by atoms with Crippen LogP contribution in [-0.2, 0) is 14.3 Å². The van der Waals surface area contributed by atoms with Crippen molar-refractivity contribution in [3.8, 4) is 11.5 Å². The van der Waals surface area contributed by atoms with Crippen molar-refractivity contribution < 1.29 is 23.8 Å². The second-order valence-corrected chi connectivity index (χ2v) is 11.6. The van der Waals surface area contributed by atoms with Crippen LogP contribution in [0.1, 0.15) is 43.9 Å². The summed E-state index contributed by atoms with van der Waals surface area (Å²) >= 11 is 1.25. The second-order valence-electron chi connectivity index (χ2n) is 10.6. The van der Waals surface area contributed by atoms with Crippen LogP contribution in [0.5, 0.6) is 11.5 Å². The van der Waals surface area contributed by atoms with Crippen LogP contribution < -0.4 is 29.3 Å². The Morgan fingerprint density at radius 3 is 2.47 bits per heavy atom. The van der Waals surface area contributed by atoms with Gasteiger partial charge in [-0.25, -0.2) is 9.79 Å². The van der Waals surface area contributed by atoms with Crippen LogP contribution >= 0.6 is 11.3 Å². The smallest absolute Gasteiger partial charge is 0.338 e. The zero-order chi connectivity index (χ0) is 30.7. The van der Waals surface area contributed by atoms with E-state index in [-0.39, 0.29) is 24.7 Å². The highest BCUT2D eigenvalue weighted by molar-refractivity contribution is 7.07. The monoisotopic (exact) mass is 604 g/mol. The Labute approximate surface area is 254 Å². The van der Waals surface area contributed by atoms with E-state index in [0.717, 1.165) is 37.2 Å². The van der Waals surface area contributed by atoms with Gasteiger partial charge in [0.05, 0.1) is 35.6 Å². The molecule has 10 nitrogen and oxygen atoms in total. The number of fused-ring (bicyclic) bond motifs is 1. The highest BCUT2D eigenvalue weighted by Gasteiger charge is 2.33. The lowest BCUT2D eigenvalue weighted by Gasteiger charge is -2.25. The summed E-state index contributed by atoms with van der Waals surface area (Å²) in [7, 11) is 5.44. The van der Waals surface area contributed by atoms with Gasteiger partial charge in [-0.3, -0.25) is 14.2 Å². The molecule has 1 aromatic heterocycles. The normalized spacial score (nSPS) is 16.5. The van der Waals surface area contributed by atoms with E-state index in [4.69, 9.17) is 14.2 Å². The van der Waals surface area contributed by atoms with Crippen LogP contribution in [0.25, 0.3) is 6.08 Å². The summed E-state index contributed by atoms with van der Waals surface area (Å²) in [6.07, 6.45) is 3.80. The summed E-state index contributed by atoms with van der Waals surface area (Å²) in [6, 6.07) is 12.4. The van der Waals surface area contributed by atoms with Crippen molar-refractivity contribution in [3.63, 3.8) is 0 Å². The highest BCUT2D eigenvalue weighted by Crippen LogP contribution is 2.32. The molecule has 1 atom stereocenters. The van der Waals surface area contributed by atoms with E-state index < -0.39 is 12.0 Å². The van der Waals surface area contributed by atoms with Crippen molar-refractivity contribution in [2.45, 2.75) is 32.7 Å². The number of amides is 1. The Balaban J connectivity index is 1.51. The zero-order valence-electron chi connectivity index (χ0n) is 25.1. The molecule has 0 spiro atoms. The molecule has 5 rings (SSSR count). The number of aromatic nitrogens is 1. The third-order valence-corrected chi connectivity index (χ3v) is 8.52. The summed E-state index contributed by atoms with van der Waals surface area (Å²) in [5.41, 5.74) is 3.08.